The third kappa shape index (κ3) is 2.62. The molecule has 0 amide bonds. The summed E-state index contributed by atoms with van der Waals surface area (Å²) in [5.41, 5.74) is 3.99. The van der Waals surface area contributed by atoms with Gasteiger partial charge in [0.05, 0.1) is 5.52 Å². The van der Waals surface area contributed by atoms with E-state index in [1.807, 2.05) is 30.3 Å². The van der Waals surface area contributed by atoms with Crippen molar-refractivity contribution < 1.29 is 5.11 Å². The zero-order valence-electron chi connectivity index (χ0n) is 12.3. The van der Waals surface area contributed by atoms with Gasteiger partial charge in [-0.3, -0.25) is 0 Å². The highest BCUT2D eigenvalue weighted by molar-refractivity contribution is 5.95. The van der Waals surface area contributed by atoms with E-state index in [4.69, 9.17) is 0 Å². The lowest BCUT2D eigenvalue weighted by atomic mass is 10.1. The Morgan fingerprint density at radius 3 is 2.61 bits per heavy atom. The first-order valence-electron chi connectivity index (χ1n) is 7.39. The molecular formula is C19H15N3O. The van der Waals surface area contributed by atoms with E-state index in [0.29, 0.717) is 0 Å². The summed E-state index contributed by atoms with van der Waals surface area (Å²) in [5, 5.41) is 13.9. The smallest absolute Gasteiger partial charge is 0.139 e. The molecule has 0 fully saturated rings. The molecule has 0 atom stereocenters. The molecular weight excluding hydrogens is 286 g/mol. The number of nitrogens with one attached hydrogen (secondary N) is 2. The molecule has 0 aliphatic rings. The summed E-state index contributed by atoms with van der Waals surface area (Å²) in [5.74, 6) is 0.979. The van der Waals surface area contributed by atoms with Crippen molar-refractivity contribution in [3.63, 3.8) is 0 Å². The monoisotopic (exact) mass is 301 g/mol. The molecule has 23 heavy (non-hydrogen) atoms. The largest absolute Gasteiger partial charge is 0.508 e. The van der Waals surface area contributed by atoms with E-state index in [1.54, 1.807) is 24.4 Å². The van der Waals surface area contributed by atoms with Crippen molar-refractivity contribution in [3.05, 3.63) is 72.9 Å². The zero-order valence-corrected chi connectivity index (χ0v) is 12.3. The highest BCUT2D eigenvalue weighted by atomic mass is 16.3. The van der Waals surface area contributed by atoms with Crippen molar-refractivity contribution in [2.24, 2.45) is 0 Å². The van der Waals surface area contributed by atoms with E-state index in [0.717, 1.165) is 33.7 Å². The molecule has 4 aromatic rings. The maximum Gasteiger partial charge on any atom is 0.139 e. The molecule has 0 saturated heterocycles. The van der Waals surface area contributed by atoms with Crippen LogP contribution < -0.4 is 5.32 Å². The molecule has 2 aromatic heterocycles. The number of nitrogens with zero attached hydrogens (tertiary/aromatic N) is 1. The van der Waals surface area contributed by atoms with Gasteiger partial charge in [-0.15, -0.1) is 0 Å². The van der Waals surface area contributed by atoms with E-state index in [1.165, 1.54) is 0 Å². The Hall–Kier alpha value is -3.27. The molecule has 2 aromatic carbocycles. The standard InChI is InChI=1S/C19H15N3O/c23-15-8-4-7-14(11-15)21-19-16-12-18(13-5-2-1-3-6-13)22-17(16)9-10-20-19/h1-12,22-23H,(H,20,21). The second kappa shape index (κ2) is 5.50. The van der Waals surface area contributed by atoms with Crippen LogP contribution in [0, 0.1) is 0 Å². The number of benzene rings is 2. The maximum atomic E-state index is 9.59. The summed E-state index contributed by atoms with van der Waals surface area (Å²) in [6, 6.07) is 21.2. The predicted octanol–water partition coefficient (Wildman–Crippen LogP) is 4.68. The van der Waals surface area contributed by atoms with E-state index >= 15 is 0 Å². The van der Waals surface area contributed by atoms with Crippen LogP contribution in [0.15, 0.2) is 72.9 Å². The fourth-order valence-corrected chi connectivity index (χ4v) is 2.65. The Labute approximate surface area is 133 Å². The van der Waals surface area contributed by atoms with Gasteiger partial charge < -0.3 is 15.4 Å². The summed E-state index contributed by atoms with van der Waals surface area (Å²) in [6.07, 6.45) is 1.76. The number of H-pyrrole nitrogens is 1. The van der Waals surface area contributed by atoms with Crippen molar-refractivity contribution in [2.45, 2.75) is 0 Å². The summed E-state index contributed by atoms with van der Waals surface area (Å²) in [7, 11) is 0. The van der Waals surface area contributed by atoms with Crippen LogP contribution in [0.3, 0.4) is 0 Å². The Bertz CT molecular complexity index is 961. The fraction of sp³-hybridized carbons (Fsp3) is 0. The van der Waals surface area contributed by atoms with Crippen LogP contribution >= 0.6 is 0 Å². The first-order chi connectivity index (χ1) is 11.3. The SMILES string of the molecule is Oc1cccc(Nc2nccc3[nH]c(-c4ccccc4)cc23)c1. The van der Waals surface area contributed by atoms with E-state index in [-0.39, 0.29) is 5.75 Å². The lowest BCUT2D eigenvalue weighted by Crippen LogP contribution is -1.93. The van der Waals surface area contributed by atoms with Crippen LogP contribution in [0.1, 0.15) is 0 Å². The Balaban J connectivity index is 1.77. The van der Waals surface area contributed by atoms with Gasteiger partial charge in [0, 0.05) is 29.0 Å². The molecule has 0 bridgehead atoms. The number of fused-ring (bicyclic) bond motifs is 1. The predicted molar refractivity (Wildman–Crippen MR) is 92.9 cm³/mol. The van der Waals surface area contributed by atoms with Gasteiger partial charge in [0.15, 0.2) is 0 Å². The molecule has 4 heteroatoms. The third-order valence-electron chi connectivity index (χ3n) is 3.74. The first kappa shape index (κ1) is 13.4. The number of hydrogen-bond donors (Lipinski definition) is 3. The van der Waals surface area contributed by atoms with Crippen LogP contribution in [0.2, 0.25) is 0 Å². The Morgan fingerprint density at radius 1 is 0.913 bits per heavy atom. The molecule has 112 valence electrons. The van der Waals surface area contributed by atoms with Crippen LogP contribution in [-0.2, 0) is 0 Å². The van der Waals surface area contributed by atoms with Gasteiger partial charge in [0.2, 0.25) is 0 Å². The van der Waals surface area contributed by atoms with Gasteiger partial charge in [0.1, 0.15) is 11.6 Å². The Morgan fingerprint density at radius 2 is 1.78 bits per heavy atom. The summed E-state index contributed by atoms with van der Waals surface area (Å²) >= 11 is 0. The molecule has 0 saturated carbocycles. The van der Waals surface area contributed by atoms with Gasteiger partial charge in [-0.2, -0.15) is 0 Å². The zero-order chi connectivity index (χ0) is 15.6. The van der Waals surface area contributed by atoms with E-state index in [2.05, 4.69) is 33.5 Å². The number of aromatic amines is 1. The molecule has 0 aliphatic carbocycles. The molecule has 2 heterocycles. The highest BCUT2D eigenvalue weighted by Gasteiger charge is 2.08. The van der Waals surface area contributed by atoms with Crippen LogP contribution in [-0.4, -0.2) is 15.1 Å². The number of anilines is 2. The van der Waals surface area contributed by atoms with Crippen molar-refractivity contribution in [1.82, 2.24) is 9.97 Å². The molecule has 0 spiro atoms. The fourth-order valence-electron chi connectivity index (χ4n) is 2.65. The third-order valence-corrected chi connectivity index (χ3v) is 3.74. The minimum Gasteiger partial charge on any atom is -0.508 e. The van der Waals surface area contributed by atoms with Crippen molar-refractivity contribution >= 4 is 22.4 Å². The number of rotatable bonds is 3. The number of pyridine rings is 1. The molecule has 0 unspecified atom stereocenters. The number of phenolic OH excluding ortho intramolecular Hbond substituents is 1. The number of hydrogen-bond acceptors (Lipinski definition) is 3. The molecule has 3 N–H and O–H groups in total. The van der Waals surface area contributed by atoms with Crippen molar-refractivity contribution in [1.29, 1.82) is 0 Å². The minimum absolute atomic E-state index is 0.223. The maximum absolute atomic E-state index is 9.59. The van der Waals surface area contributed by atoms with Gasteiger partial charge >= 0.3 is 0 Å². The first-order valence-corrected chi connectivity index (χ1v) is 7.39. The second-order valence-corrected chi connectivity index (χ2v) is 5.35. The number of phenols is 1. The normalized spacial score (nSPS) is 10.8. The molecule has 4 nitrogen and oxygen atoms in total. The van der Waals surface area contributed by atoms with Crippen molar-refractivity contribution in [2.75, 3.05) is 5.32 Å². The lowest BCUT2D eigenvalue weighted by molar-refractivity contribution is 0.475. The topological polar surface area (TPSA) is 60.9 Å². The lowest BCUT2D eigenvalue weighted by Gasteiger charge is -2.06. The second-order valence-electron chi connectivity index (χ2n) is 5.35. The molecule has 0 radical (unpaired) electrons. The van der Waals surface area contributed by atoms with Gasteiger partial charge in [-0.05, 0) is 29.8 Å². The van der Waals surface area contributed by atoms with Crippen molar-refractivity contribution in [3.8, 4) is 17.0 Å². The molecule has 4 rings (SSSR count). The van der Waals surface area contributed by atoms with Gasteiger partial charge in [-0.25, -0.2) is 4.98 Å². The number of aromatic nitrogens is 2. The number of aromatic hydroxyl groups is 1. The summed E-state index contributed by atoms with van der Waals surface area (Å²) < 4.78 is 0. The molecule has 0 aliphatic heterocycles. The van der Waals surface area contributed by atoms with E-state index < -0.39 is 0 Å². The average molecular weight is 301 g/mol. The van der Waals surface area contributed by atoms with Crippen LogP contribution in [0.4, 0.5) is 11.5 Å². The van der Waals surface area contributed by atoms with Crippen LogP contribution in [0.25, 0.3) is 22.2 Å². The average Bonchev–Trinajstić information content (AvgIpc) is 3.01. The minimum atomic E-state index is 0.223. The summed E-state index contributed by atoms with van der Waals surface area (Å²) in [6.45, 7) is 0. The Kier molecular flexibility index (Phi) is 3.20. The van der Waals surface area contributed by atoms with E-state index in [9.17, 15) is 5.11 Å². The highest BCUT2D eigenvalue weighted by Crippen LogP contribution is 2.29. The van der Waals surface area contributed by atoms with Gasteiger partial charge in [0.25, 0.3) is 0 Å². The summed E-state index contributed by atoms with van der Waals surface area (Å²) in [4.78, 5) is 7.85. The quantitative estimate of drug-likeness (QED) is 0.515. The van der Waals surface area contributed by atoms with Gasteiger partial charge in [-0.1, -0.05) is 36.4 Å². The van der Waals surface area contributed by atoms with Crippen LogP contribution in [0.5, 0.6) is 5.75 Å².